The van der Waals surface area contributed by atoms with Crippen molar-refractivity contribution in [2.75, 3.05) is 13.1 Å². The van der Waals surface area contributed by atoms with E-state index in [1.165, 1.54) is 0 Å². The van der Waals surface area contributed by atoms with E-state index < -0.39 is 0 Å². The Bertz CT molecular complexity index is 582. The van der Waals surface area contributed by atoms with Gasteiger partial charge in [0.15, 0.2) is 0 Å². The molecule has 1 fully saturated rings. The number of aromatic nitrogens is 3. The second kappa shape index (κ2) is 6.08. The van der Waals surface area contributed by atoms with E-state index in [1.54, 1.807) is 6.20 Å². The third kappa shape index (κ3) is 2.82. The van der Waals surface area contributed by atoms with Crippen LogP contribution in [-0.2, 0) is 4.79 Å². The second-order valence-electron chi connectivity index (χ2n) is 5.48. The third-order valence-electron chi connectivity index (χ3n) is 4.20. The molecule has 3 rings (SSSR count). The molecule has 1 aliphatic heterocycles. The van der Waals surface area contributed by atoms with Crippen molar-refractivity contribution in [3.05, 3.63) is 48.3 Å². The van der Waals surface area contributed by atoms with Gasteiger partial charge in [-0.25, -0.2) is 4.68 Å². The molecule has 0 aliphatic carbocycles. The smallest absolute Gasteiger partial charge is 0.230 e. The minimum Gasteiger partial charge on any atom is -0.340 e. The first-order valence-electron chi connectivity index (χ1n) is 7.49. The Morgan fingerprint density at radius 3 is 2.86 bits per heavy atom. The molecule has 0 spiro atoms. The normalized spacial score (nSPS) is 19.7. The first-order chi connectivity index (χ1) is 10.3. The number of hydrogen-bond donors (Lipinski definition) is 0. The number of carbonyl (C=O) groups is 1. The van der Waals surface area contributed by atoms with E-state index in [1.807, 2.05) is 46.1 Å². The Morgan fingerprint density at radius 1 is 1.38 bits per heavy atom. The quantitative estimate of drug-likeness (QED) is 0.865. The summed E-state index contributed by atoms with van der Waals surface area (Å²) >= 11 is 0. The van der Waals surface area contributed by atoms with E-state index >= 15 is 0 Å². The van der Waals surface area contributed by atoms with Gasteiger partial charge in [0.25, 0.3) is 0 Å². The summed E-state index contributed by atoms with van der Waals surface area (Å²) < 4.78 is 1.86. The van der Waals surface area contributed by atoms with Crippen LogP contribution in [0.25, 0.3) is 0 Å². The van der Waals surface area contributed by atoms with Crippen LogP contribution in [0.4, 0.5) is 0 Å². The lowest BCUT2D eigenvalue weighted by atomic mass is 9.95. The average molecular weight is 284 g/mol. The summed E-state index contributed by atoms with van der Waals surface area (Å²) in [4.78, 5) is 14.7. The molecule has 1 saturated heterocycles. The number of amides is 1. The Morgan fingerprint density at radius 2 is 2.19 bits per heavy atom. The lowest BCUT2D eigenvalue weighted by Gasteiger charge is -2.23. The zero-order valence-corrected chi connectivity index (χ0v) is 12.2. The van der Waals surface area contributed by atoms with Gasteiger partial charge >= 0.3 is 0 Å². The number of likely N-dealkylation sites (tertiary alicyclic amines) is 1. The highest BCUT2D eigenvalue weighted by Crippen LogP contribution is 2.27. The molecule has 0 radical (unpaired) electrons. The fourth-order valence-electron chi connectivity index (χ4n) is 3.03. The van der Waals surface area contributed by atoms with Crippen LogP contribution < -0.4 is 0 Å². The maximum atomic E-state index is 12.8. The average Bonchev–Trinajstić information content (AvgIpc) is 3.20. The van der Waals surface area contributed by atoms with Gasteiger partial charge in [0, 0.05) is 19.3 Å². The van der Waals surface area contributed by atoms with Gasteiger partial charge in [-0.15, -0.1) is 5.10 Å². The number of nitrogens with zero attached hydrogens (tertiary/aromatic N) is 4. The Hall–Kier alpha value is -2.17. The Labute approximate surface area is 124 Å². The number of carbonyl (C=O) groups excluding carboxylic acids is 1. The SMILES string of the molecule is CC[C@@H](C(=O)N1CC[C@@H](n2ccnn2)C1)c1ccccc1. The van der Waals surface area contributed by atoms with Crippen molar-refractivity contribution in [1.29, 1.82) is 0 Å². The number of hydrogen-bond acceptors (Lipinski definition) is 3. The van der Waals surface area contributed by atoms with Gasteiger partial charge in [-0.05, 0) is 18.4 Å². The van der Waals surface area contributed by atoms with Gasteiger partial charge in [0.2, 0.25) is 5.91 Å². The van der Waals surface area contributed by atoms with Crippen LogP contribution in [0.5, 0.6) is 0 Å². The maximum Gasteiger partial charge on any atom is 0.230 e. The molecule has 0 unspecified atom stereocenters. The van der Waals surface area contributed by atoms with Crippen LogP contribution in [0, 0.1) is 0 Å². The molecule has 2 atom stereocenters. The fraction of sp³-hybridized carbons (Fsp3) is 0.438. The van der Waals surface area contributed by atoms with Gasteiger partial charge < -0.3 is 4.90 Å². The minimum absolute atomic E-state index is 0.0410. The summed E-state index contributed by atoms with van der Waals surface area (Å²) in [6.45, 7) is 3.60. The Balaban J connectivity index is 1.70. The van der Waals surface area contributed by atoms with Crippen molar-refractivity contribution in [2.24, 2.45) is 0 Å². The van der Waals surface area contributed by atoms with Crippen molar-refractivity contribution >= 4 is 5.91 Å². The van der Waals surface area contributed by atoms with Crippen LogP contribution in [-0.4, -0.2) is 38.9 Å². The summed E-state index contributed by atoms with van der Waals surface area (Å²) in [7, 11) is 0. The molecule has 5 heteroatoms. The van der Waals surface area contributed by atoms with Crippen molar-refractivity contribution in [3.63, 3.8) is 0 Å². The molecule has 0 saturated carbocycles. The van der Waals surface area contributed by atoms with Gasteiger partial charge in [-0.2, -0.15) is 0 Å². The summed E-state index contributed by atoms with van der Waals surface area (Å²) in [5.41, 5.74) is 1.11. The largest absolute Gasteiger partial charge is 0.340 e. The van der Waals surface area contributed by atoms with Crippen molar-refractivity contribution in [3.8, 4) is 0 Å². The van der Waals surface area contributed by atoms with Crippen molar-refractivity contribution in [2.45, 2.75) is 31.7 Å². The molecule has 2 heterocycles. The topological polar surface area (TPSA) is 51.0 Å². The molecule has 21 heavy (non-hydrogen) atoms. The number of benzene rings is 1. The molecule has 1 aromatic carbocycles. The van der Waals surface area contributed by atoms with E-state index in [0.717, 1.165) is 31.5 Å². The zero-order chi connectivity index (χ0) is 14.7. The molecular formula is C16H20N4O. The highest BCUT2D eigenvalue weighted by molar-refractivity contribution is 5.84. The molecule has 0 bridgehead atoms. The van der Waals surface area contributed by atoms with Gasteiger partial charge in [-0.1, -0.05) is 42.5 Å². The minimum atomic E-state index is -0.0410. The summed E-state index contributed by atoms with van der Waals surface area (Å²) in [5.74, 6) is 0.187. The zero-order valence-electron chi connectivity index (χ0n) is 12.2. The lowest BCUT2D eigenvalue weighted by molar-refractivity contribution is -0.132. The first-order valence-corrected chi connectivity index (χ1v) is 7.49. The van der Waals surface area contributed by atoms with E-state index in [-0.39, 0.29) is 17.9 Å². The van der Waals surface area contributed by atoms with E-state index in [0.29, 0.717) is 0 Å². The summed E-state index contributed by atoms with van der Waals surface area (Å²) in [6.07, 6.45) is 5.32. The summed E-state index contributed by atoms with van der Waals surface area (Å²) in [6, 6.07) is 10.3. The van der Waals surface area contributed by atoms with E-state index in [4.69, 9.17) is 0 Å². The van der Waals surface area contributed by atoms with Crippen LogP contribution in [0.2, 0.25) is 0 Å². The van der Waals surface area contributed by atoms with Gasteiger partial charge in [-0.3, -0.25) is 4.79 Å². The van der Waals surface area contributed by atoms with Gasteiger partial charge in [0.1, 0.15) is 0 Å². The highest BCUT2D eigenvalue weighted by Gasteiger charge is 2.31. The molecule has 5 nitrogen and oxygen atoms in total. The first kappa shape index (κ1) is 13.8. The van der Waals surface area contributed by atoms with E-state index in [9.17, 15) is 4.79 Å². The molecule has 1 aliphatic rings. The molecule has 1 aromatic heterocycles. The maximum absolute atomic E-state index is 12.8. The number of rotatable bonds is 4. The predicted octanol–water partition coefficient (Wildman–Crippen LogP) is 2.25. The standard InChI is InChI=1S/C16H20N4O/c1-2-15(13-6-4-3-5-7-13)16(21)19-10-8-14(12-19)20-11-9-17-18-20/h3-7,9,11,14-15H,2,8,10,12H2,1H3/t14-,15-/m1/s1. The van der Waals surface area contributed by atoms with Crippen molar-refractivity contribution in [1.82, 2.24) is 19.9 Å². The highest BCUT2D eigenvalue weighted by atomic mass is 16.2. The predicted molar refractivity (Wildman–Crippen MR) is 79.7 cm³/mol. The molecule has 2 aromatic rings. The lowest BCUT2D eigenvalue weighted by Crippen LogP contribution is -2.33. The van der Waals surface area contributed by atoms with Crippen LogP contribution in [0.1, 0.15) is 37.3 Å². The van der Waals surface area contributed by atoms with Gasteiger partial charge in [0.05, 0.1) is 18.2 Å². The Kier molecular flexibility index (Phi) is 3.99. The molecule has 0 N–H and O–H groups in total. The third-order valence-corrected chi connectivity index (χ3v) is 4.20. The second-order valence-corrected chi connectivity index (χ2v) is 5.48. The molecule has 1 amide bonds. The van der Waals surface area contributed by atoms with Crippen molar-refractivity contribution < 1.29 is 4.79 Å². The monoisotopic (exact) mass is 284 g/mol. The van der Waals surface area contributed by atoms with Crippen LogP contribution in [0.15, 0.2) is 42.7 Å². The molecular weight excluding hydrogens is 264 g/mol. The van der Waals surface area contributed by atoms with E-state index in [2.05, 4.69) is 17.2 Å². The fourth-order valence-corrected chi connectivity index (χ4v) is 3.03. The summed E-state index contributed by atoms with van der Waals surface area (Å²) in [5, 5.41) is 7.89. The van der Waals surface area contributed by atoms with Crippen LogP contribution >= 0.6 is 0 Å². The van der Waals surface area contributed by atoms with Crippen LogP contribution in [0.3, 0.4) is 0 Å². The molecule has 110 valence electrons.